The molecule has 0 saturated heterocycles. The van der Waals surface area contributed by atoms with Crippen molar-refractivity contribution in [3.8, 4) is 17.2 Å². The molecule has 0 fully saturated rings. The summed E-state index contributed by atoms with van der Waals surface area (Å²) < 4.78 is 18.9. The lowest BCUT2D eigenvalue weighted by Crippen LogP contribution is -2.04. The Kier molecular flexibility index (Phi) is 12.2. The van der Waals surface area contributed by atoms with E-state index in [1.807, 2.05) is 18.2 Å². The third kappa shape index (κ3) is 9.88. The molecule has 0 saturated carbocycles. The van der Waals surface area contributed by atoms with Gasteiger partial charge in [0, 0.05) is 18.2 Å². The van der Waals surface area contributed by atoms with Gasteiger partial charge in [-0.2, -0.15) is 0 Å². The maximum atomic E-state index is 6.29. The molecular formula is C42H54O3. The largest absolute Gasteiger partial charge is 0.489 e. The van der Waals surface area contributed by atoms with E-state index in [0.29, 0.717) is 55.3 Å². The SMILES string of the molecule is CC(C)C(C)c1ccc(COc2cc(OCc3ccc(C(C)C(C)C)cc3)cc(OCc3ccc(C(C)C(C)C)cc3)c2)cc1. The van der Waals surface area contributed by atoms with Gasteiger partial charge >= 0.3 is 0 Å². The quantitative estimate of drug-likeness (QED) is 0.135. The Balaban J connectivity index is 1.47. The lowest BCUT2D eigenvalue weighted by Gasteiger charge is -2.17. The van der Waals surface area contributed by atoms with Gasteiger partial charge in [0.25, 0.3) is 0 Å². The minimum Gasteiger partial charge on any atom is -0.489 e. The van der Waals surface area contributed by atoms with Gasteiger partial charge in [0.05, 0.1) is 0 Å². The van der Waals surface area contributed by atoms with Crippen LogP contribution in [0.5, 0.6) is 17.2 Å². The van der Waals surface area contributed by atoms with Crippen LogP contribution < -0.4 is 14.2 Å². The van der Waals surface area contributed by atoms with Crippen LogP contribution in [-0.4, -0.2) is 0 Å². The zero-order chi connectivity index (χ0) is 32.5. The van der Waals surface area contributed by atoms with E-state index in [1.54, 1.807) is 0 Å². The maximum absolute atomic E-state index is 6.29. The van der Waals surface area contributed by atoms with E-state index < -0.39 is 0 Å². The fourth-order valence-electron chi connectivity index (χ4n) is 5.20. The van der Waals surface area contributed by atoms with Gasteiger partial charge in [0.1, 0.15) is 37.1 Å². The van der Waals surface area contributed by atoms with Crippen LogP contribution in [0.2, 0.25) is 0 Å². The van der Waals surface area contributed by atoms with Crippen LogP contribution in [-0.2, 0) is 19.8 Å². The van der Waals surface area contributed by atoms with Crippen molar-refractivity contribution in [3.05, 3.63) is 124 Å². The molecular weight excluding hydrogens is 552 g/mol. The Bertz CT molecular complexity index is 1260. The molecule has 240 valence electrons. The second-order valence-corrected chi connectivity index (χ2v) is 13.8. The van der Waals surface area contributed by atoms with E-state index in [9.17, 15) is 0 Å². The summed E-state index contributed by atoms with van der Waals surface area (Å²) in [4.78, 5) is 0. The minimum absolute atomic E-state index is 0.476. The highest BCUT2D eigenvalue weighted by atomic mass is 16.5. The van der Waals surface area contributed by atoms with Crippen molar-refractivity contribution in [2.45, 2.75) is 99.9 Å². The first-order chi connectivity index (χ1) is 21.5. The van der Waals surface area contributed by atoms with E-state index in [1.165, 1.54) is 16.7 Å². The van der Waals surface area contributed by atoms with Gasteiger partial charge in [-0.25, -0.2) is 0 Å². The summed E-state index contributed by atoms with van der Waals surface area (Å²) in [5.74, 6) is 5.58. The van der Waals surface area contributed by atoms with E-state index in [0.717, 1.165) is 33.9 Å². The van der Waals surface area contributed by atoms with Gasteiger partial charge in [0.15, 0.2) is 0 Å². The van der Waals surface area contributed by atoms with Crippen molar-refractivity contribution in [1.82, 2.24) is 0 Å². The second-order valence-electron chi connectivity index (χ2n) is 13.8. The van der Waals surface area contributed by atoms with E-state index in [2.05, 4.69) is 135 Å². The van der Waals surface area contributed by atoms with Gasteiger partial charge < -0.3 is 14.2 Å². The topological polar surface area (TPSA) is 27.7 Å². The third-order valence-electron chi connectivity index (χ3n) is 9.59. The lowest BCUT2D eigenvalue weighted by molar-refractivity contribution is 0.274. The standard InChI is InChI=1S/C42H54O3/c1-28(2)31(7)37-16-10-34(11-17-37)25-43-40-22-41(44-26-35-12-18-38(19-13-35)32(8)29(3)4)24-42(23-40)45-27-36-14-20-39(21-15-36)33(9)30(5)6/h10-24,28-33H,25-27H2,1-9H3. The summed E-state index contributed by atoms with van der Waals surface area (Å²) in [6.45, 7) is 21.9. The predicted molar refractivity (Wildman–Crippen MR) is 189 cm³/mol. The molecule has 4 rings (SSSR count). The maximum Gasteiger partial charge on any atom is 0.127 e. The molecule has 0 aromatic heterocycles. The van der Waals surface area contributed by atoms with Crippen molar-refractivity contribution >= 4 is 0 Å². The Labute approximate surface area is 273 Å². The summed E-state index contributed by atoms with van der Waals surface area (Å²) in [6, 6.07) is 32.2. The van der Waals surface area contributed by atoms with E-state index in [-0.39, 0.29) is 0 Å². The Hall–Kier alpha value is -3.72. The molecule has 3 atom stereocenters. The summed E-state index contributed by atoms with van der Waals surface area (Å²) >= 11 is 0. The second kappa shape index (κ2) is 16.0. The molecule has 0 N–H and O–H groups in total. The molecule has 0 spiro atoms. The summed E-state index contributed by atoms with van der Waals surface area (Å²) in [5, 5.41) is 0. The first-order valence-electron chi connectivity index (χ1n) is 16.8. The summed E-state index contributed by atoms with van der Waals surface area (Å²) in [5.41, 5.74) is 7.48. The minimum atomic E-state index is 0.476. The molecule has 0 aliphatic rings. The zero-order valence-electron chi connectivity index (χ0n) is 29.0. The molecule has 3 nitrogen and oxygen atoms in total. The zero-order valence-corrected chi connectivity index (χ0v) is 29.0. The van der Waals surface area contributed by atoms with Crippen molar-refractivity contribution < 1.29 is 14.2 Å². The van der Waals surface area contributed by atoms with Gasteiger partial charge in [-0.15, -0.1) is 0 Å². The molecule has 3 heteroatoms. The lowest BCUT2D eigenvalue weighted by atomic mass is 9.90. The molecule has 0 amide bonds. The molecule has 4 aromatic carbocycles. The fraction of sp³-hybridized carbons (Fsp3) is 0.429. The van der Waals surface area contributed by atoms with Gasteiger partial charge in [-0.1, -0.05) is 135 Å². The highest BCUT2D eigenvalue weighted by molar-refractivity contribution is 5.43. The number of benzene rings is 4. The van der Waals surface area contributed by atoms with Crippen molar-refractivity contribution in [1.29, 1.82) is 0 Å². The fourth-order valence-corrected chi connectivity index (χ4v) is 5.20. The van der Waals surface area contributed by atoms with Gasteiger partial charge in [0.2, 0.25) is 0 Å². The monoisotopic (exact) mass is 606 g/mol. The molecule has 0 bridgehead atoms. The van der Waals surface area contributed by atoms with Crippen molar-refractivity contribution in [3.63, 3.8) is 0 Å². The highest BCUT2D eigenvalue weighted by Crippen LogP contribution is 2.31. The van der Waals surface area contributed by atoms with Crippen molar-refractivity contribution in [2.24, 2.45) is 17.8 Å². The molecule has 45 heavy (non-hydrogen) atoms. The molecule has 3 unspecified atom stereocenters. The normalized spacial score (nSPS) is 13.6. The molecule has 0 aliphatic carbocycles. The first kappa shape index (κ1) is 34.2. The number of rotatable bonds is 15. The molecule has 4 aromatic rings. The third-order valence-corrected chi connectivity index (χ3v) is 9.59. The number of hydrogen-bond donors (Lipinski definition) is 0. The van der Waals surface area contributed by atoms with Crippen LogP contribution in [0.15, 0.2) is 91.0 Å². The Morgan fingerprint density at radius 3 is 0.778 bits per heavy atom. The smallest absolute Gasteiger partial charge is 0.127 e. The van der Waals surface area contributed by atoms with Crippen molar-refractivity contribution in [2.75, 3.05) is 0 Å². The van der Waals surface area contributed by atoms with Crippen LogP contribution in [0.3, 0.4) is 0 Å². The first-order valence-corrected chi connectivity index (χ1v) is 16.8. The van der Waals surface area contributed by atoms with Crippen LogP contribution in [0, 0.1) is 17.8 Å². The average Bonchev–Trinajstić information content (AvgIpc) is 3.05. The van der Waals surface area contributed by atoms with Crippen LogP contribution in [0.1, 0.15) is 113 Å². The Morgan fingerprint density at radius 2 is 0.578 bits per heavy atom. The summed E-state index contributed by atoms with van der Waals surface area (Å²) in [7, 11) is 0. The van der Waals surface area contributed by atoms with Crippen LogP contribution in [0.4, 0.5) is 0 Å². The molecule has 0 radical (unpaired) electrons. The molecule has 0 heterocycles. The van der Waals surface area contributed by atoms with E-state index >= 15 is 0 Å². The number of hydrogen-bond acceptors (Lipinski definition) is 3. The summed E-state index contributed by atoms with van der Waals surface area (Å²) in [6.07, 6.45) is 0. The van der Waals surface area contributed by atoms with Crippen LogP contribution >= 0.6 is 0 Å². The average molecular weight is 607 g/mol. The van der Waals surface area contributed by atoms with Gasteiger partial charge in [-0.3, -0.25) is 0 Å². The Morgan fingerprint density at radius 1 is 0.356 bits per heavy atom. The molecule has 0 aliphatic heterocycles. The van der Waals surface area contributed by atoms with Crippen LogP contribution in [0.25, 0.3) is 0 Å². The number of ether oxygens (including phenoxy) is 3. The predicted octanol–water partition coefficient (Wildman–Crippen LogP) is 11.7. The highest BCUT2D eigenvalue weighted by Gasteiger charge is 2.13. The van der Waals surface area contributed by atoms with E-state index in [4.69, 9.17) is 14.2 Å². The van der Waals surface area contributed by atoms with Gasteiger partial charge in [-0.05, 0) is 68.9 Å².